The summed E-state index contributed by atoms with van der Waals surface area (Å²) in [5.74, 6) is 6.38. The van der Waals surface area contributed by atoms with Crippen LogP contribution in [-0.4, -0.2) is 6.26 Å². The van der Waals surface area contributed by atoms with Crippen molar-refractivity contribution in [2.45, 2.75) is 18.2 Å². The van der Waals surface area contributed by atoms with Gasteiger partial charge in [-0.05, 0) is 54.6 Å². The van der Waals surface area contributed by atoms with Gasteiger partial charge in [0.15, 0.2) is 0 Å². The SMILES string of the molecule is CCc1ccc(C#Cc2ccc(SC)cc2)cc1. The summed E-state index contributed by atoms with van der Waals surface area (Å²) in [6.45, 7) is 2.16. The molecule has 0 heterocycles. The Morgan fingerprint density at radius 2 is 1.33 bits per heavy atom. The molecule has 1 heteroatoms. The van der Waals surface area contributed by atoms with Crippen LogP contribution in [0.5, 0.6) is 0 Å². The molecule has 18 heavy (non-hydrogen) atoms. The summed E-state index contributed by atoms with van der Waals surface area (Å²) in [7, 11) is 0. The molecule has 0 amide bonds. The van der Waals surface area contributed by atoms with Crippen molar-refractivity contribution in [3.05, 3.63) is 65.2 Å². The Morgan fingerprint density at radius 3 is 1.78 bits per heavy atom. The van der Waals surface area contributed by atoms with Crippen LogP contribution >= 0.6 is 11.8 Å². The molecule has 2 aromatic carbocycles. The normalized spacial score (nSPS) is 9.67. The van der Waals surface area contributed by atoms with E-state index in [9.17, 15) is 0 Å². The molecule has 0 N–H and O–H groups in total. The van der Waals surface area contributed by atoms with Crippen molar-refractivity contribution in [1.29, 1.82) is 0 Å². The van der Waals surface area contributed by atoms with Gasteiger partial charge in [0, 0.05) is 16.0 Å². The first-order valence-corrected chi connectivity index (χ1v) is 7.29. The number of benzene rings is 2. The first kappa shape index (κ1) is 12.8. The average Bonchev–Trinajstić information content (AvgIpc) is 2.46. The molecule has 0 aliphatic carbocycles. The maximum atomic E-state index is 3.19. The van der Waals surface area contributed by atoms with Gasteiger partial charge in [0.25, 0.3) is 0 Å². The van der Waals surface area contributed by atoms with E-state index in [-0.39, 0.29) is 0 Å². The lowest BCUT2D eigenvalue weighted by atomic mass is 10.1. The van der Waals surface area contributed by atoms with Gasteiger partial charge in [-0.3, -0.25) is 0 Å². The Hall–Kier alpha value is -1.65. The van der Waals surface area contributed by atoms with E-state index in [0.29, 0.717) is 0 Å². The second-order valence-corrected chi connectivity index (χ2v) is 4.91. The highest BCUT2D eigenvalue weighted by Gasteiger charge is 1.91. The quantitative estimate of drug-likeness (QED) is 0.565. The lowest BCUT2D eigenvalue weighted by molar-refractivity contribution is 1.14. The molecule has 0 spiro atoms. The first-order chi connectivity index (χ1) is 8.81. The predicted octanol–water partition coefficient (Wildman–Crippen LogP) is 4.37. The van der Waals surface area contributed by atoms with E-state index >= 15 is 0 Å². The maximum Gasteiger partial charge on any atom is 0.0249 e. The molecule has 2 aromatic rings. The van der Waals surface area contributed by atoms with Crippen LogP contribution in [0, 0.1) is 11.8 Å². The maximum absolute atomic E-state index is 3.19. The van der Waals surface area contributed by atoms with Gasteiger partial charge >= 0.3 is 0 Å². The van der Waals surface area contributed by atoms with Crippen LogP contribution in [0.4, 0.5) is 0 Å². The van der Waals surface area contributed by atoms with Gasteiger partial charge in [-0.2, -0.15) is 0 Å². The van der Waals surface area contributed by atoms with Crippen molar-refractivity contribution in [2.24, 2.45) is 0 Å². The Bertz CT molecular complexity index is 502. The van der Waals surface area contributed by atoms with Crippen LogP contribution in [0.3, 0.4) is 0 Å². The highest BCUT2D eigenvalue weighted by molar-refractivity contribution is 7.98. The number of thioether (sulfide) groups is 1. The molecule has 0 saturated heterocycles. The molecule has 2 rings (SSSR count). The van der Waals surface area contributed by atoms with Crippen molar-refractivity contribution in [1.82, 2.24) is 0 Å². The van der Waals surface area contributed by atoms with Crippen LogP contribution in [0.25, 0.3) is 0 Å². The fourth-order valence-corrected chi connectivity index (χ4v) is 2.05. The van der Waals surface area contributed by atoms with Crippen molar-refractivity contribution in [3.8, 4) is 11.8 Å². The largest absolute Gasteiger partial charge is 0.130 e. The summed E-state index contributed by atoms with van der Waals surface area (Å²) in [5.41, 5.74) is 3.48. The molecular formula is C17H16S. The second-order valence-electron chi connectivity index (χ2n) is 4.03. The third kappa shape index (κ3) is 3.42. The molecule has 0 aliphatic heterocycles. The third-order valence-electron chi connectivity index (χ3n) is 2.80. The molecule has 90 valence electrons. The summed E-state index contributed by atoms with van der Waals surface area (Å²) >= 11 is 1.75. The summed E-state index contributed by atoms with van der Waals surface area (Å²) in [5, 5.41) is 0. The van der Waals surface area contributed by atoms with Gasteiger partial charge in [0.2, 0.25) is 0 Å². The van der Waals surface area contributed by atoms with Gasteiger partial charge in [-0.1, -0.05) is 30.9 Å². The second kappa shape index (κ2) is 6.33. The fourth-order valence-electron chi connectivity index (χ4n) is 1.64. The van der Waals surface area contributed by atoms with Crippen LogP contribution in [0.2, 0.25) is 0 Å². The Kier molecular flexibility index (Phi) is 4.50. The lowest BCUT2D eigenvalue weighted by Gasteiger charge is -1.96. The predicted molar refractivity (Wildman–Crippen MR) is 80.0 cm³/mol. The number of rotatable bonds is 2. The summed E-state index contributed by atoms with van der Waals surface area (Å²) in [6.07, 6.45) is 3.15. The Labute approximate surface area is 113 Å². The summed E-state index contributed by atoms with van der Waals surface area (Å²) < 4.78 is 0. The fraction of sp³-hybridized carbons (Fsp3) is 0.176. The summed E-state index contributed by atoms with van der Waals surface area (Å²) in [6, 6.07) is 16.8. The van der Waals surface area contributed by atoms with Gasteiger partial charge in [0.05, 0.1) is 0 Å². The molecule has 0 unspecified atom stereocenters. The third-order valence-corrected chi connectivity index (χ3v) is 3.55. The highest BCUT2D eigenvalue weighted by Crippen LogP contribution is 2.14. The van der Waals surface area contributed by atoms with Crippen LogP contribution < -0.4 is 0 Å². The van der Waals surface area contributed by atoms with Gasteiger partial charge in [-0.15, -0.1) is 11.8 Å². The Morgan fingerprint density at radius 1 is 0.833 bits per heavy atom. The van der Waals surface area contributed by atoms with E-state index in [4.69, 9.17) is 0 Å². The molecular weight excluding hydrogens is 236 g/mol. The first-order valence-electron chi connectivity index (χ1n) is 6.07. The van der Waals surface area contributed by atoms with E-state index in [0.717, 1.165) is 17.5 Å². The molecule has 0 fully saturated rings. The minimum absolute atomic E-state index is 1.06. The van der Waals surface area contributed by atoms with E-state index in [1.807, 2.05) is 0 Å². The zero-order valence-corrected chi connectivity index (χ0v) is 11.6. The van der Waals surface area contributed by atoms with Crippen LogP contribution in [-0.2, 0) is 6.42 Å². The van der Waals surface area contributed by atoms with Gasteiger partial charge < -0.3 is 0 Å². The Balaban J connectivity index is 2.14. The van der Waals surface area contributed by atoms with Gasteiger partial charge in [0.1, 0.15) is 0 Å². The molecule has 0 nitrogen and oxygen atoms in total. The molecule has 0 saturated carbocycles. The van der Waals surface area contributed by atoms with E-state index in [1.54, 1.807) is 11.8 Å². The topological polar surface area (TPSA) is 0 Å². The monoisotopic (exact) mass is 252 g/mol. The number of hydrogen-bond acceptors (Lipinski definition) is 1. The van der Waals surface area contributed by atoms with E-state index in [2.05, 4.69) is 73.6 Å². The lowest BCUT2D eigenvalue weighted by Crippen LogP contribution is -1.80. The van der Waals surface area contributed by atoms with Crippen molar-refractivity contribution < 1.29 is 0 Å². The van der Waals surface area contributed by atoms with Crippen LogP contribution in [0.15, 0.2) is 53.4 Å². The van der Waals surface area contributed by atoms with Crippen molar-refractivity contribution in [2.75, 3.05) is 6.26 Å². The summed E-state index contributed by atoms with van der Waals surface area (Å²) in [4.78, 5) is 1.27. The minimum atomic E-state index is 1.06. The standard InChI is InChI=1S/C17H16S/c1-3-14-4-6-15(7-5-14)8-9-16-10-12-17(18-2)13-11-16/h4-7,10-13H,3H2,1-2H3. The average molecular weight is 252 g/mol. The molecule has 0 atom stereocenters. The minimum Gasteiger partial charge on any atom is -0.130 e. The molecule has 0 radical (unpaired) electrons. The van der Waals surface area contributed by atoms with Gasteiger partial charge in [-0.25, -0.2) is 0 Å². The smallest absolute Gasteiger partial charge is 0.0249 e. The number of hydrogen-bond donors (Lipinski definition) is 0. The highest BCUT2D eigenvalue weighted by atomic mass is 32.2. The number of aryl methyl sites for hydroxylation is 1. The van der Waals surface area contributed by atoms with Crippen LogP contribution in [0.1, 0.15) is 23.6 Å². The molecule has 0 bridgehead atoms. The van der Waals surface area contributed by atoms with Crippen molar-refractivity contribution >= 4 is 11.8 Å². The van der Waals surface area contributed by atoms with E-state index in [1.165, 1.54) is 10.5 Å². The zero-order valence-electron chi connectivity index (χ0n) is 10.7. The van der Waals surface area contributed by atoms with E-state index < -0.39 is 0 Å². The molecule has 0 aromatic heterocycles. The zero-order chi connectivity index (χ0) is 12.8. The van der Waals surface area contributed by atoms with Crippen molar-refractivity contribution in [3.63, 3.8) is 0 Å². The molecule has 0 aliphatic rings.